The Hall–Kier alpha value is -2.22. The van der Waals surface area contributed by atoms with Crippen molar-refractivity contribution in [2.24, 2.45) is 0 Å². The van der Waals surface area contributed by atoms with E-state index in [4.69, 9.17) is 20.9 Å². The van der Waals surface area contributed by atoms with Crippen molar-refractivity contribution in [2.45, 2.75) is 18.4 Å². The molecule has 26 heavy (non-hydrogen) atoms. The molecule has 0 aliphatic carbocycles. The van der Waals surface area contributed by atoms with Crippen LogP contribution in [0.15, 0.2) is 41.3 Å². The Kier molecular flexibility index (Phi) is 4.76. The standard InChI is InChI=1S/C18H16ClN3O3S/c19-16-12-3-1-2-4-13(12)26-14(16)5-6-15(23)21-18(7-9-24-10-8-18)17-20-11-25-22-17/h1-6,11H,7-10H2,(H,21,23)/b6-5+. The van der Waals surface area contributed by atoms with Gasteiger partial charge in [-0.1, -0.05) is 35.0 Å². The third-order valence-corrected chi connectivity index (χ3v) is 6.10. The molecule has 2 aromatic heterocycles. The van der Waals surface area contributed by atoms with E-state index < -0.39 is 5.54 Å². The number of nitrogens with zero attached hydrogens (tertiary/aromatic N) is 2. The molecule has 134 valence electrons. The van der Waals surface area contributed by atoms with Crippen LogP contribution in [0.5, 0.6) is 0 Å². The Morgan fingerprint density at radius 3 is 2.85 bits per heavy atom. The monoisotopic (exact) mass is 389 g/mol. The summed E-state index contributed by atoms with van der Waals surface area (Å²) in [5.41, 5.74) is -0.670. The molecule has 1 aliphatic rings. The number of hydrogen-bond donors (Lipinski definition) is 1. The van der Waals surface area contributed by atoms with Crippen LogP contribution in [-0.4, -0.2) is 29.3 Å². The van der Waals surface area contributed by atoms with E-state index >= 15 is 0 Å². The van der Waals surface area contributed by atoms with E-state index in [1.807, 2.05) is 24.3 Å². The number of halogens is 1. The Balaban J connectivity index is 1.55. The first kappa shape index (κ1) is 17.2. The van der Waals surface area contributed by atoms with E-state index in [0.717, 1.165) is 15.0 Å². The van der Waals surface area contributed by atoms with Crippen LogP contribution >= 0.6 is 22.9 Å². The predicted molar refractivity (Wildman–Crippen MR) is 100 cm³/mol. The lowest BCUT2D eigenvalue weighted by Gasteiger charge is -2.34. The van der Waals surface area contributed by atoms with Gasteiger partial charge >= 0.3 is 0 Å². The van der Waals surface area contributed by atoms with E-state index in [2.05, 4.69) is 15.5 Å². The molecule has 8 heteroatoms. The number of rotatable bonds is 4. The number of amides is 1. The lowest BCUT2D eigenvalue weighted by Crippen LogP contribution is -2.49. The van der Waals surface area contributed by atoms with Crippen LogP contribution in [0.2, 0.25) is 5.02 Å². The molecule has 0 spiro atoms. The van der Waals surface area contributed by atoms with Crippen molar-refractivity contribution in [1.82, 2.24) is 15.5 Å². The van der Waals surface area contributed by atoms with Gasteiger partial charge in [-0.05, 0) is 12.1 Å². The van der Waals surface area contributed by atoms with Gasteiger partial charge in [-0.15, -0.1) is 11.3 Å². The van der Waals surface area contributed by atoms with Gasteiger partial charge < -0.3 is 14.6 Å². The summed E-state index contributed by atoms with van der Waals surface area (Å²) in [4.78, 5) is 17.5. The van der Waals surface area contributed by atoms with Crippen molar-refractivity contribution in [3.05, 3.63) is 52.5 Å². The molecular formula is C18H16ClN3O3S. The maximum atomic E-state index is 12.5. The molecule has 0 saturated carbocycles. The number of fused-ring (bicyclic) bond motifs is 1. The van der Waals surface area contributed by atoms with Gasteiger partial charge in [-0.2, -0.15) is 4.98 Å². The highest BCUT2D eigenvalue weighted by atomic mass is 35.5. The number of ether oxygens (including phenoxy) is 1. The maximum absolute atomic E-state index is 12.5. The zero-order valence-corrected chi connectivity index (χ0v) is 15.3. The van der Waals surface area contributed by atoms with Crippen molar-refractivity contribution < 1.29 is 14.1 Å². The largest absolute Gasteiger partial charge is 0.381 e. The number of nitrogens with one attached hydrogen (secondary N) is 1. The van der Waals surface area contributed by atoms with Gasteiger partial charge in [0.15, 0.2) is 5.82 Å². The molecule has 1 aromatic carbocycles. The molecule has 0 atom stereocenters. The van der Waals surface area contributed by atoms with Crippen LogP contribution in [0.25, 0.3) is 16.2 Å². The van der Waals surface area contributed by atoms with Crippen LogP contribution in [-0.2, 0) is 15.1 Å². The zero-order chi connectivity index (χ0) is 18.0. The maximum Gasteiger partial charge on any atom is 0.244 e. The predicted octanol–water partition coefficient (Wildman–Crippen LogP) is 3.77. The van der Waals surface area contributed by atoms with Crippen LogP contribution in [0.3, 0.4) is 0 Å². The number of thiophene rings is 1. The first-order valence-corrected chi connectivity index (χ1v) is 9.39. The molecule has 0 bridgehead atoms. The molecule has 1 aliphatic heterocycles. The van der Waals surface area contributed by atoms with Gasteiger partial charge in [-0.3, -0.25) is 4.79 Å². The first-order valence-electron chi connectivity index (χ1n) is 8.20. The summed E-state index contributed by atoms with van der Waals surface area (Å²) >= 11 is 7.97. The topological polar surface area (TPSA) is 77.3 Å². The van der Waals surface area contributed by atoms with Gasteiger partial charge in [-0.25, -0.2) is 0 Å². The van der Waals surface area contributed by atoms with Crippen LogP contribution in [0.4, 0.5) is 0 Å². The molecule has 0 radical (unpaired) electrons. The molecule has 1 saturated heterocycles. The minimum Gasteiger partial charge on any atom is -0.381 e. The van der Waals surface area contributed by atoms with E-state index in [-0.39, 0.29) is 5.91 Å². The first-order chi connectivity index (χ1) is 12.7. The average Bonchev–Trinajstić information content (AvgIpc) is 3.30. The summed E-state index contributed by atoms with van der Waals surface area (Å²) in [5.74, 6) is 0.243. The number of carbonyl (C=O) groups is 1. The third-order valence-electron chi connectivity index (χ3n) is 4.44. The fourth-order valence-corrected chi connectivity index (χ4v) is 4.47. The minimum absolute atomic E-state index is 0.231. The van der Waals surface area contributed by atoms with Gasteiger partial charge in [0, 0.05) is 47.1 Å². The molecule has 6 nitrogen and oxygen atoms in total. The van der Waals surface area contributed by atoms with Gasteiger partial charge in [0.1, 0.15) is 5.54 Å². The Morgan fingerprint density at radius 1 is 1.31 bits per heavy atom. The Bertz CT molecular complexity index is 946. The number of carbonyl (C=O) groups excluding carboxylic acids is 1. The number of benzene rings is 1. The van der Waals surface area contributed by atoms with Crippen LogP contribution in [0, 0.1) is 0 Å². The SMILES string of the molecule is O=C(/C=C/c1sc2ccccc2c1Cl)NC1(c2ncon2)CCOCC1. The number of hydrogen-bond acceptors (Lipinski definition) is 6. The molecule has 4 rings (SSSR count). The number of aromatic nitrogens is 2. The molecule has 3 aromatic rings. The lowest BCUT2D eigenvalue weighted by atomic mass is 9.89. The van der Waals surface area contributed by atoms with Crippen molar-refractivity contribution in [1.29, 1.82) is 0 Å². The molecular weight excluding hydrogens is 374 g/mol. The van der Waals surface area contributed by atoms with Crippen molar-refractivity contribution >= 4 is 45.0 Å². The fraction of sp³-hybridized carbons (Fsp3) is 0.278. The van der Waals surface area contributed by atoms with Gasteiger partial charge in [0.05, 0.1) is 5.02 Å². The molecule has 1 amide bonds. The molecule has 1 N–H and O–H groups in total. The summed E-state index contributed by atoms with van der Waals surface area (Å²) in [6, 6.07) is 7.89. The quantitative estimate of drug-likeness (QED) is 0.687. The summed E-state index contributed by atoms with van der Waals surface area (Å²) in [7, 11) is 0. The lowest BCUT2D eigenvalue weighted by molar-refractivity contribution is -0.120. The van der Waals surface area contributed by atoms with Crippen molar-refractivity contribution in [3.63, 3.8) is 0 Å². The second-order valence-electron chi connectivity index (χ2n) is 6.05. The highest BCUT2D eigenvalue weighted by Gasteiger charge is 2.39. The summed E-state index contributed by atoms with van der Waals surface area (Å²) < 4.78 is 11.4. The van der Waals surface area contributed by atoms with Crippen molar-refractivity contribution in [2.75, 3.05) is 13.2 Å². The summed E-state index contributed by atoms with van der Waals surface area (Å²) in [6.07, 6.45) is 5.69. The molecule has 0 unspecified atom stereocenters. The van der Waals surface area contributed by atoms with E-state index in [0.29, 0.717) is 36.9 Å². The van der Waals surface area contributed by atoms with Crippen molar-refractivity contribution in [3.8, 4) is 0 Å². The van der Waals surface area contributed by atoms with Crippen LogP contribution < -0.4 is 5.32 Å². The average molecular weight is 390 g/mol. The summed E-state index contributed by atoms with van der Waals surface area (Å²) in [6.45, 7) is 1.06. The van der Waals surface area contributed by atoms with E-state index in [9.17, 15) is 4.79 Å². The summed E-state index contributed by atoms with van der Waals surface area (Å²) in [5, 5.41) is 8.61. The van der Waals surface area contributed by atoms with E-state index in [1.54, 1.807) is 17.4 Å². The highest BCUT2D eigenvalue weighted by Crippen LogP contribution is 2.36. The Labute approximate surface area is 158 Å². The highest BCUT2D eigenvalue weighted by molar-refractivity contribution is 7.20. The fourth-order valence-electron chi connectivity index (χ4n) is 3.07. The van der Waals surface area contributed by atoms with E-state index in [1.165, 1.54) is 12.5 Å². The third kappa shape index (κ3) is 3.25. The Morgan fingerprint density at radius 2 is 2.12 bits per heavy atom. The second-order valence-corrected chi connectivity index (χ2v) is 7.51. The normalized spacial score (nSPS) is 17.0. The van der Waals surface area contributed by atoms with Crippen LogP contribution in [0.1, 0.15) is 23.5 Å². The second kappa shape index (κ2) is 7.19. The van der Waals surface area contributed by atoms with Gasteiger partial charge in [0.2, 0.25) is 12.3 Å². The molecule has 3 heterocycles. The van der Waals surface area contributed by atoms with Gasteiger partial charge in [0.25, 0.3) is 0 Å². The minimum atomic E-state index is -0.670. The molecule has 1 fully saturated rings. The smallest absolute Gasteiger partial charge is 0.244 e. The zero-order valence-electron chi connectivity index (χ0n) is 13.8.